The van der Waals surface area contributed by atoms with E-state index in [-0.39, 0.29) is 39.6 Å². The highest BCUT2D eigenvalue weighted by molar-refractivity contribution is 5.18. The van der Waals surface area contributed by atoms with Gasteiger partial charge in [-0.3, -0.25) is 0 Å². The third-order valence-corrected chi connectivity index (χ3v) is 15.3. The molecule has 0 bridgehead atoms. The summed E-state index contributed by atoms with van der Waals surface area (Å²) >= 11 is 0. The van der Waals surface area contributed by atoms with Crippen molar-refractivity contribution in [3.8, 4) is 0 Å². The van der Waals surface area contributed by atoms with E-state index in [1.54, 1.807) is 0 Å². The average molecular weight is 1110 g/mol. The standard InChI is InChI=1S/C68H84O13/c1-5-6-7-8-9-28-41-70-66-64(75-46-55-37-24-14-25-38-55)62(59(49(3)77-66)72-43-52-31-18-11-19-32-52)81-68-65(76-47-56-39-26-15-27-40-56)63(60(50(4)79-68)73-44-53-33-20-12-21-34-53)80-67-61(74-45-54-35-22-13-23-36-54)57(69)58(48(2)78-67)71-42-51-29-16-10-17-30-51/h10-27,29-40,48-50,57-69H,5-9,28,41-47H2,1-4H3/t48-,49-,50-,57+,58+,59+,60+,61-,62+,63+,64-,65-,66-,67-,68-/m0/s1. The number of aliphatic hydroxyl groups is 1. The Hall–Kier alpha value is -5.20. The van der Waals surface area contributed by atoms with Gasteiger partial charge < -0.3 is 61.9 Å². The third kappa shape index (κ3) is 17.7. The van der Waals surface area contributed by atoms with E-state index in [2.05, 4.69) is 6.92 Å². The van der Waals surface area contributed by atoms with Crippen molar-refractivity contribution in [3.05, 3.63) is 215 Å². The van der Waals surface area contributed by atoms with Crippen LogP contribution in [0, 0.1) is 0 Å². The lowest BCUT2D eigenvalue weighted by Crippen LogP contribution is -2.67. The van der Waals surface area contributed by atoms with Gasteiger partial charge in [-0.15, -0.1) is 0 Å². The molecule has 3 aliphatic heterocycles. The van der Waals surface area contributed by atoms with Crippen molar-refractivity contribution in [2.24, 2.45) is 0 Å². The number of hydrogen-bond acceptors (Lipinski definition) is 13. The minimum absolute atomic E-state index is 0.165. The van der Waals surface area contributed by atoms with Gasteiger partial charge in [0.05, 0.1) is 58.0 Å². The zero-order valence-electron chi connectivity index (χ0n) is 47.5. The number of rotatable bonds is 30. The minimum Gasteiger partial charge on any atom is -0.387 e. The number of unbranched alkanes of at least 4 members (excludes halogenated alkanes) is 5. The van der Waals surface area contributed by atoms with Crippen LogP contribution in [-0.4, -0.2) is 104 Å². The van der Waals surface area contributed by atoms with Crippen LogP contribution in [0.2, 0.25) is 0 Å². The lowest BCUT2D eigenvalue weighted by molar-refractivity contribution is -0.390. The molecule has 9 rings (SSSR count). The van der Waals surface area contributed by atoms with Crippen LogP contribution in [0.5, 0.6) is 0 Å². The summed E-state index contributed by atoms with van der Waals surface area (Å²) in [6.07, 6.45) is -6.25. The minimum atomic E-state index is -1.18. The highest BCUT2D eigenvalue weighted by Gasteiger charge is 2.56. The van der Waals surface area contributed by atoms with Crippen LogP contribution in [0.3, 0.4) is 0 Å². The highest BCUT2D eigenvalue weighted by Crippen LogP contribution is 2.39. The predicted molar refractivity (Wildman–Crippen MR) is 308 cm³/mol. The Morgan fingerprint density at radius 3 is 0.975 bits per heavy atom. The second kappa shape index (κ2) is 32.0. The molecular formula is C68H84O13. The van der Waals surface area contributed by atoms with E-state index in [9.17, 15) is 5.11 Å². The molecule has 1 N–H and O–H groups in total. The normalized spacial score (nSPS) is 28.6. The maximum atomic E-state index is 12.5. The molecule has 0 saturated carbocycles. The maximum absolute atomic E-state index is 12.5. The molecule has 15 atom stereocenters. The van der Waals surface area contributed by atoms with E-state index in [1.807, 2.05) is 203 Å². The van der Waals surface area contributed by atoms with Gasteiger partial charge in [-0.25, -0.2) is 0 Å². The summed E-state index contributed by atoms with van der Waals surface area (Å²) in [6.45, 7) is 9.91. The van der Waals surface area contributed by atoms with Gasteiger partial charge in [-0.2, -0.15) is 0 Å². The molecule has 0 radical (unpaired) electrons. The topological polar surface area (TPSA) is 131 Å². The highest BCUT2D eigenvalue weighted by atomic mass is 16.8. The Bertz CT molecular complexity index is 2620. The largest absolute Gasteiger partial charge is 0.387 e. The second-order valence-corrected chi connectivity index (χ2v) is 21.5. The van der Waals surface area contributed by atoms with Crippen molar-refractivity contribution in [2.75, 3.05) is 6.61 Å². The zero-order valence-corrected chi connectivity index (χ0v) is 47.5. The molecule has 0 aliphatic carbocycles. The van der Waals surface area contributed by atoms with Gasteiger partial charge in [0.15, 0.2) is 18.9 Å². The molecule has 0 amide bonds. The molecule has 0 aromatic heterocycles. The fourth-order valence-electron chi connectivity index (χ4n) is 10.8. The van der Waals surface area contributed by atoms with Crippen molar-refractivity contribution in [2.45, 2.75) is 198 Å². The Kier molecular flexibility index (Phi) is 23.9. The van der Waals surface area contributed by atoms with Crippen molar-refractivity contribution in [1.82, 2.24) is 0 Å². The molecule has 13 heteroatoms. The van der Waals surface area contributed by atoms with Gasteiger partial charge in [-0.1, -0.05) is 221 Å². The van der Waals surface area contributed by atoms with E-state index in [0.717, 1.165) is 52.6 Å². The summed E-state index contributed by atoms with van der Waals surface area (Å²) in [7, 11) is 0. The molecule has 3 fully saturated rings. The average Bonchev–Trinajstić information content (AvgIpc) is 3.52. The van der Waals surface area contributed by atoms with E-state index >= 15 is 0 Å². The van der Waals surface area contributed by atoms with Crippen molar-refractivity contribution >= 4 is 0 Å². The van der Waals surface area contributed by atoms with Crippen LogP contribution < -0.4 is 0 Å². The molecule has 13 nitrogen and oxygen atoms in total. The third-order valence-electron chi connectivity index (χ3n) is 15.3. The molecule has 6 aromatic carbocycles. The van der Waals surface area contributed by atoms with Gasteiger partial charge in [-0.05, 0) is 60.6 Å². The fraction of sp³-hybridized carbons (Fsp3) is 0.471. The van der Waals surface area contributed by atoms with E-state index in [0.29, 0.717) is 6.61 Å². The summed E-state index contributed by atoms with van der Waals surface area (Å²) < 4.78 is 83.8. The predicted octanol–water partition coefficient (Wildman–Crippen LogP) is 12.2. The zero-order chi connectivity index (χ0) is 56.0. The van der Waals surface area contributed by atoms with E-state index in [4.69, 9.17) is 56.8 Å². The maximum Gasteiger partial charge on any atom is 0.187 e. The van der Waals surface area contributed by atoms with Gasteiger partial charge >= 0.3 is 0 Å². The Labute approximate surface area is 480 Å². The molecule has 6 aromatic rings. The van der Waals surface area contributed by atoms with Gasteiger partial charge in [0, 0.05) is 6.61 Å². The van der Waals surface area contributed by atoms with E-state index < -0.39 is 92.1 Å². The first-order chi connectivity index (χ1) is 39.8. The molecule has 3 heterocycles. The lowest BCUT2D eigenvalue weighted by Gasteiger charge is -2.51. The number of hydrogen-bond donors (Lipinski definition) is 1. The molecule has 81 heavy (non-hydrogen) atoms. The first kappa shape index (κ1) is 60.4. The lowest BCUT2D eigenvalue weighted by atomic mass is 9.95. The smallest absolute Gasteiger partial charge is 0.187 e. The molecule has 3 aliphatic rings. The van der Waals surface area contributed by atoms with Gasteiger partial charge in [0.1, 0.15) is 54.9 Å². The van der Waals surface area contributed by atoms with Crippen molar-refractivity contribution < 1.29 is 61.9 Å². The van der Waals surface area contributed by atoms with Gasteiger partial charge in [0.25, 0.3) is 0 Å². The molecule has 3 saturated heterocycles. The first-order valence-electron chi connectivity index (χ1n) is 29.3. The summed E-state index contributed by atoms with van der Waals surface area (Å²) in [6, 6.07) is 59.8. The van der Waals surface area contributed by atoms with Crippen LogP contribution in [0.15, 0.2) is 182 Å². The molecule has 434 valence electrons. The number of ether oxygens (including phenoxy) is 12. The SMILES string of the molecule is CCCCCCCCO[C@H]1O[C@@H](C)[C@@H](OCc2ccccc2)[C@@H](O[C@@H]2O[C@@H](C)[C@@H](OCc3ccccc3)[C@@H](O[C@@H]3O[C@@H](C)[C@@H](OCc4ccccc4)[C@@H](O)[C@@H]3OCc3ccccc3)[C@@H]2OCc2ccccc2)[C@@H]1OCc1ccccc1. The van der Waals surface area contributed by atoms with Crippen LogP contribution in [0.25, 0.3) is 0 Å². The van der Waals surface area contributed by atoms with Crippen molar-refractivity contribution in [1.29, 1.82) is 0 Å². The first-order valence-corrected chi connectivity index (χ1v) is 29.3. The number of aliphatic hydroxyl groups excluding tert-OH is 1. The Balaban J connectivity index is 1.08. The Morgan fingerprint density at radius 2 is 0.593 bits per heavy atom. The molecule has 0 spiro atoms. The van der Waals surface area contributed by atoms with Crippen LogP contribution in [0.4, 0.5) is 0 Å². The summed E-state index contributed by atoms with van der Waals surface area (Å²) in [5.74, 6) is 0. The van der Waals surface area contributed by atoms with Crippen LogP contribution in [-0.2, 0) is 96.5 Å². The summed E-state index contributed by atoms with van der Waals surface area (Å²) in [5.41, 5.74) is 5.73. The Morgan fingerprint density at radius 1 is 0.309 bits per heavy atom. The molecule has 0 unspecified atom stereocenters. The molecular weight excluding hydrogens is 1020 g/mol. The summed E-state index contributed by atoms with van der Waals surface area (Å²) in [4.78, 5) is 0. The fourth-order valence-corrected chi connectivity index (χ4v) is 10.8. The summed E-state index contributed by atoms with van der Waals surface area (Å²) in [5, 5.41) is 12.5. The van der Waals surface area contributed by atoms with Crippen LogP contribution in [0.1, 0.15) is 99.6 Å². The second-order valence-electron chi connectivity index (χ2n) is 21.5. The monoisotopic (exact) mass is 1110 g/mol. The van der Waals surface area contributed by atoms with E-state index in [1.165, 1.54) is 19.3 Å². The van der Waals surface area contributed by atoms with Gasteiger partial charge in [0.2, 0.25) is 0 Å². The van der Waals surface area contributed by atoms with Crippen LogP contribution >= 0.6 is 0 Å². The quantitative estimate of drug-likeness (QED) is 0.0430. The van der Waals surface area contributed by atoms with Crippen molar-refractivity contribution in [3.63, 3.8) is 0 Å². The number of benzene rings is 6.